The van der Waals surface area contributed by atoms with E-state index in [4.69, 9.17) is 0 Å². The molecule has 0 aliphatic heterocycles. The highest BCUT2D eigenvalue weighted by Gasteiger charge is 2.28. The summed E-state index contributed by atoms with van der Waals surface area (Å²) in [7, 11) is 0. The standard InChI is InChI=1S/C65H66N2/c1-44(2)45-22-32-53(33-23-45)66(54-34-26-50(27-35-54)63(3,4)5)61-57-40-24-49(47-20-16-13-17-21-47)43-60(57)62(58-41-25-48(42-59(58)61)46-18-14-12-15-19-46)67(55-36-28-51(29-37-55)64(6,7)8)56-38-30-52(31-39-56)65(9,10)11/h12-44H,1-11H3. The second-order valence-corrected chi connectivity index (χ2v) is 21.8. The maximum Gasteiger partial charge on any atom is 0.0620 e. The summed E-state index contributed by atoms with van der Waals surface area (Å²) < 4.78 is 0. The van der Waals surface area contributed by atoms with Crippen molar-refractivity contribution in [3.63, 3.8) is 0 Å². The first-order chi connectivity index (χ1) is 32.0. The van der Waals surface area contributed by atoms with Crippen LogP contribution in [0.25, 0.3) is 43.8 Å². The third kappa shape index (κ3) is 9.15. The van der Waals surface area contributed by atoms with Crippen molar-refractivity contribution in [1.29, 1.82) is 0 Å². The van der Waals surface area contributed by atoms with Crippen LogP contribution in [-0.4, -0.2) is 0 Å². The molecule has 0 fully saturated rings. The molecule has 0 saturated heterocycles. The summed E-state index contributed by atoms with van der Waals surface area (Å²) >= 11 is 0. The largest absolute Gasteiger partial charge is 0.309 e. The predicted octanol–water partition coefficient (Wildman–Crippen LogP) is 19.3. The van der Waals surface area contributed by atoms with Crippen LogP contribution in [0, 0.1) is 0 Å². The Labute approximate surface area is 400 Å². The quantitative estimate of drug-likeness (QED) is 0.105. The van der Waals surface area contributed by atoms with E-state index in [0.717, 1.165) is 34.1 Å². The van der Waals surface area contributed by atoms with Gasteiger partial charge in [-0.3, -0.25) is 0 Å². The highest BCUT2D eigenvalue weighted by Crippen LogP contribution is 2.53. The van der Waals surface area contributed by atoms with E-state index in [1.165, 1.54) is 66.1 Å². The van der Waals surface area contributed by atoms with Gasteiger partial charge in [0.25, 0.3) is 0 Å². The van der Waals surface area contributed by atoms with E-state index in [9.17, 15) is 0 Å². The first kappa shape index (κ1) is 45.3. The summed E-state index contributed by atoms with van der Waals surface area (Å²) in [6.07, 6.45) is 0. The summed E-state index contributed by atoms with van der Waals surface area (Å²) in [4.78, 5) is 5.03. The maximum absolute atomic E-state index is 2.52. The second kappa shape index (κ2) is 17.7. The van der Waals surface area contributed by atoms with Gasteiger partial charge in [0.1, 0.15) is 0 Å². The van der Waals surface area contributed by atoms with Crippen molar-refractivity contribution in [2.45, 2.75) is 98.3 Å². The third-order valence-corrected chi connectivity index (χ3v) is 13.5. The first-order valence-electron chi connectivity index (χ1n) is 24.1. The van der Waals surface area contributed by atoms with Gasteiger partial charge < -0.3 is 9.80 Å². The average Bonchev–Trinajstić information content (AvgIpc) is 3.32. The Bertz CT molecular complexity index is 3080. The van der Waals surface area contributed by atoms with Crippen LogP contribution in [0.2, 0.25) is 0 Å². The molecule has 9 aromatic rings. The molecule has 0 heterocycles. The highest BCUT2D eigenvalue weighted by molar-refractivity contribution is 6.24. The molecule has 0 aliphatic carbocycles. The van der Waals surface area contributed by atoms with Crippen molar-refractivity contribution in [3.8, 4) is 22.3 Å². The van der Waals surface area contributed by atoms with Crippen molar-refractivity contribution in [1.82, 2.24) is 0 Å². The first-order valence-corrected chi connectivity index (χ1v) is 24.1. The van der Waals surface area contributed by atoms with Crippen LogP contribution in [0.3, 0.4) is 0 Å². The van der Waals surface area contributed by atoms with Gasteiger partial charge in [0.15, 0.2) is 0 Å². The Hall–Kier alpha value is -6.90. The van der Waals surface area contributed by atoms with E-state index in [1.54, 1.807) is 0 Å². The molecule has 0 N–H and O–H groups in total. The normalized spacial score (nSPS) is 12.2. The molecule has 67 heavy (non-hydrogen) atoms. The molecular formula is C65H66N2. The van der Waals surface area contributed by atoms with E-state index in [1.807, 2.05) is 0 Å². The fourth-order valence-corrected chi connectivity index (χ4v) is 9.44. The minimum atomic E-state index is 0.0130. The number of hydrogen-bond acceptors (Lipinski definition) is 2. The van der Waals surface area contributed by atoms with Gasteiger partial charge in [-0.25, -0.2) is 0 Å². The van der Waals surface area contributed by atoms with Crippen LogP contribution in [0.5, 0.6) is 0 Å². The Balaban J connectivity index is 1.45. The molecule has 0 spiro atoms. The number of anilines is 6. The van der Waals surface area contributed by atoms with Crippen LogP contribution < -0.4 is 9.80 Å². The molecule has 9 aromatic carbocycles. The zero-order valence-corrected chi connectivity index (χ0v) is 41.4. The lowest BCUT2D eigenvalue weighted by Gasteiger charge is -2.34. The van der Waals surface area contributed by atoms with Crippen molar-refractivity contribution in [2.24, 2.45) is 0 Å². The molecule has 0 saturated carbocycles. The number of hydrogen-bond donors (Lipinski definition) is 0. The summed E-state index contributed by atoms with van der Waals surface area (Å²) in [5.74, 6) is 0.417. The zero-order chi connectivity index (χ0) is 47.3. The third-order valence-electron chi connectivity index (χ3n) is 13.5. The summed E-state index contributed by atoms with van der Waals surface area (Å²) in [5.41, 5.74) is 16.8. The van der Waals surface area contributed by atoms with Gasteiger partial charge in [-0.1, -0.05) is 210 Å². The van der Waals surface area contributed by atoms with Crippen LogP contribution in [0.4, 0.5) is 34.1 Å². The lowest BCUT2D eigenvalue weighted by molar-refractivity contribution is 0.590. The number of benzene rings is 9. The molecule has 0 radical (unpaired) electrons. The van der Waals surface area contributed by atoms with Crippen molar-refractivity contribution < 1.29 is 0 Å². The van der Waals surface area contributed by atoms with Crippen LogP contribution in [0.15, 0.2) is 194 Å². The van der Waals surface area contributed by atoms with E-state index >= 15 is 0 Å². The van der Waals surface area contributed by atoms with Crippen molar-refractivity contribution in [2.75, 3.05) is 9.80 Å². The molecule has 0 bridgehead atoms. The summed E-state index contributed by atoms with van der Waals surface area (Å²) in [6, 6.07) is 73.0. The van der Waals surface area contributed by atoms with Gasteiger partial charge >= 0.3 is 0 Å². The van der Waals surface area contributed by atoms with E-state index in [2.05, 4.69) is 280 Å². The number of fused-ring (bicyclic) bond motifs is 2. The van der Waals surface area contributed by atoms with Crippen LogP contribution in [-0.2, 0) is 16.2 Å². The van der Waals surface area contributed by atoms with Gasteiger partial charge in [-0.05, 0) is 127 Å². The van der Waals surface area contributed by atoms with E-state index < -0.39 is 0 Å². The molecule has 0 atom stereocenters. The molecule has 0 unspecified atom stereocenters. The molecular weight excluding hydrogens is 809 g/mol. The minimum Gasteiger partial charge on any atom is -0.309 e. The zero-order valence-electron chi connectivity index (χ0n) is 41.4. The van der Waals surface area contributed by atoms with Gasteiger partial charge in [-0.2, -0.15) is 0 Å². The van der Waals surface area contributed by atoms with Crippen molar-refractivity contribution in [3.05, 3.63) is 216 Å². The van der Waals surface area contributed by atoms with Gasteiger partial charge in [0.2, 0.25) is 0 Å². The fraction of sp³-hybridized carbons (Fsp3) is 0.231. The SMILES string of the molecule is CC(C)c1ccc(N(c2ccc(C(C)(C)C)cc2)c2c3ccc(-c4ccccc4)cc3c(N(c3ccc(C(C)(C)C)cc3)c3ccc(C(C)(C)C)cc3)c3ccc(-c4ccccc4)cc23)cc1. The molecule has 336 valence electrons. The Morgan fingerprint density at radius 3 is 0.881 bits per heavy atom. The summed E-state index contributed by atoms with van der Waals surface area (Å²) in [6.45, 7) is 25.2. The second-order valence-electron chi connectivity index (χ2n) is 21.8. The molecule has 0 aliphatic rings. The minimum absolute atomic E-state index is 0.0130. The topological polar surface area (TPSA) is 6.48 Å². The van der Waals surface area contributed by atoms with Gasteiger partial charge in [-0.15, -0.1) is 0 Å². The summed E-state index contributed by atoms with van der Waals surface area (Å²) in [5, 5.41) is 4.68. The molecule has 0 aromatic heterocycles. The van der Waals surface area contributed by atoms with Gasteiger partial charge in [0.05, 0.1) is 11.4 Å². The Morgan fingerprint density at radius 1 is 0.299 bits per heavy atom. The molecule has 0 amide bonds. The highest BCUT2D eigenvalue weighted by atomic mass is 15.2. The van der Waals surface area contributed by atoms with Crippen molar-refractivity contribution >= 4 is 55.7 Å². The van der Waals surface area contributed by atoms with Crippen LogP contribution >= 0.6 is 0 Å². The van der Waals surface area contributed by atoms with E-state index in [0.29, 0.717) is 5.92 Å². The lowest BCUT2D eigenvalue weighted by Crippen LogP contribution is -2.16. The van der Waals surface area contributed by atoms with Gasteiger partial charge in [0, 0.05) is 44.3 Å². The predicted molar refractivity (Wildman–Crippen MR) is 292 cm³/mol. The number of nitrogens with zero attached hydrogens (tertiary/aromatic N) is 2. The lowest BCUT2D eigenvalue weighted by atomic mass is 9.86. The number of rotatable bonds is 9. The van der Waals surface area contributed by atoms with Crippen LogP contribution in [0.1, 0.15) is 104 Å². The maximum atomic E-state index is 2.52. The molecule has 2 heteroatoms. The fourth-order valence-electron chi connectivity index (χ4n) is 9.44. The molecule has 2 nitrogen and oxygen atoms in total. The monoisotopic (exact) mass is 875 g/mol. The average molecular weight is 875 g/mol. The van der Waals surface area contributed by atoms with E-state index in [-0.39, 0.29) is 16.2 Å². The molecule has 9 rings (SSSR count). The smallest absolute Gasteiger partial charge is 0.0620 e. The Morgan fingerprint density at radius 2 is 0.597 bits per heavy atom. The Kier molecular flexibility index (Phi) is 12.0.